The van der Waals surface area contributed by atoms with Crippen LogP contribution in [0.2, 0.25) is 0 Å². The molecule has 0 saturated heterocycles. The third-order valence-corrected chi connectivity index (χ3v) is 14.0. The van der Waals surface area contributed by atoms with Crippen LogP contribution in [-0.2, 0) is 4.79 Å². The molecule has 6 saturated carbocycles. The van der Waals surface area contributed by atoms with Gasteiger partial charge in [0.05, 0.1) is 11.7 Å². The Morgan fingerprint density at radius 2 is 1.48 bits per heavy atom. The molecule has 0 unspecified atom stereocenters. The predicted molar refractivity (Wildman–Crippen MR) is 130 cm³/mol. The molecule has 0 bridgehead atoms. The van der Waals surface area contributed by atoms with Gasteiger partial charge in [0, 0.05) is 17.8 Å². The van der Waals surface area contributed by atoms with Crippen molar-refractivity contribution in [2.75, 3.05) is 0 Å². The van der Waals surface area contributed by atoms with E-state index in [1.807, 2.05) is 13.8 Å². The lowest BCUT2D eigenvalue weighted by Crippen LogP contribution is -2.57. The normalized spacial score (nSPS) is 57.2. The molecule has 33 heavy (non-hydrogen) atoms. The molecule has 2 N–H and O–H groups in total. The van der Waals surface area contributed by atoms with Gasteiger partial charge in [-0.25, -0.2) is 0 Å². The maximum Gasteiger partial charge on any atom is 0.138 e. The Kier molecular flexibility index (Phi) is 4.51. The van der Waals surface area contributed by atoms with Crippen LogP contribution in [0.25, 0.3) is 0 Å². The van der Waals surface area contributed by atoms with Gasteiger partial charge in [-0.15, -0.1) is 0 Å². The molecule has 0 amide bonds. The van der Waals surface area contributed by atoms with Crippen molar-refractivity contribution in [1.29, 1.82) is 0 Å². The Labute approximate surface area is 201 Å². The third-order valence-electron chi connectivity index (χ3n) is 14.0. The largest absolute Gasteiger partial charge is 0.392 e. The lowest BCUT2D eigenvalue weighted by molar-refractivity contribution is -0.159. The summed E-state index contributed by atoms with van der Waals surface area (Å²) in [6.07, 6.45) is 12.8. The van der Waals surface area contributed by atoms with Crippen molar-refractivity contribution < 1.29 is 15.0 Å². The zero-order valence-corrected chi connectivity index (χ0v) is 22.0. The average molecular weight is 457 g/mol. The van der Waals surface area contributed by atoms with Gasteiger partial charge in [-0.1, -0.05) is 27.7 Å². The average Bonchev–Trinajstić information content (AvgIpc) is 3.10. The third kappa shape index (κ3) is 2.53. The molecule has 10 atom stereocenters. The maximum atomic E-state index is 12.9. The molecule has 186 valence electrons. The van der Waals surface area contributed by atoms with Crippen molar-refractivity contribution in [2.24, 2.45) is 56.7 Å². The molecule has 0 radical (unpaired) electrons. The zero-order chi connectivity index (χ0) is 23.8. The fourth-order valence-electron chi connectivity index (χ4n) is 12.1. The minimum atomic E-state index is -0.794. The number of hydrogen-bond donors (Lipinski definition) is 2. The zero-order valence-electron chi connectivity index (χ0n) is 22.0. The van der Waals surface area contributed by atoms with Crippen LogP contribution in [0, 0.1) is 56.7 Å². The quantitative estimate of drug-likeness (QED) is 0.524. The summed E-state index contributed by atoms with van der Waals surface area (Å²) < 4.78 is 0. The summed E-state index contributed by atoms with van der Waals surface area (Å²) in [4.78, 5) is 12.9. The van der Waals surface area contributed by atoms with E-state index in [0.29, 0.717) is 45.2 Å². The summed E-state index contributed by atoms with van der Waals surface area (Å²) in [5.74, 6) is 2.84. The van der Waals surface area contributed by atoms with Gasteiger partial charge in [0.15, 0.2) is 0 Å². The van der Waals surface area contributed by atoms with Crippen LogP contribution in [0.3, 0.4) is 0 Å². The van der Waals surface area contributed by atoms with Gasteiger partial charge in [-0.05, 0) is 123 Å². The number of Topliss-reactive ketones (excluding diaryl/α,β-unsaturated/α-hetero) is 1. The molecule has 6 rings (SSSR count). The summed E-state index contributed by atoms with van der Waals surface area (Å²) in [6, 6.07) is 0. The first-order chi connectivity index (χ1) is 15.2. The Balaban J connectivity index is 1.31. The van der Waals surface area contributed by atoms with Crippen molar-refractivity contribution in [3.05, 3.63) is 0 Å². The van der Waals surface area contributed by atoms with E-state index in [-0.39, 0.29) is 17.4 Å². The highest BCUT2D eigenvalue weighted by molar-refractivity contribution is 5.86. The topological polar surface area (TPSA) is 57.5 Å². The Morgan fingerprint density at radius 1 is 0.818 bits per heavy atom. The summed E-state index contributed by atoms with van der Waals surface area (Å²) in [5.41, 5.74) is 0.641. The molecule has 6 aliphatic carbocycles. The van der Waals surface area contributed by atoms with E-state index >= 15 is 0 Å². The van der Waals surface area contributed by atoms with Crippen molar-refractivity contribution >= 4 is 5.78 Å². The van der Waals surface area contributed by atoms with E-state index in [1.165, 1.54) is 44.9 Å². The molecule has 0 heterocycles. The van der Waals surface area contributed by atoms with Gasteiger partial charge in [0.2, 0.25) is 0 Å². The van der Waals surface area contributed by atoms with Crippen LogP contribution in [0.1, 0.15) is 112 Å². The Bertz CT molecular complexity index is 870. The SMILES string of the molecule is CC(C)(O)[C@@H]1CC[C@H]([C@H]2CC[C@@]3(C)[C@@H]4CC[C@H]5C(C)(C)C(=O)CC[C@@]56C[C@@]46CC[C@]23C)[C@H]1O. The van der Waals surface area contributed by atoms with Gasteiger partial charge >= 0.3 is 0 Å². The van der Waals surface area contributed by atoms with Crippen LogP contribution in [0.15, 0.2) is 0 Å². The minimum Gasteiger partial charge on any atom is -0.392 e. The molecule has 2 spiro atoms. The Morgan fingerprint density at radius 3 is 2.15 bits per heavy atom. The van der Waals surface area contributed by atoms with Crippen molar-refractivity contribution in [3.8, 4) is 0 Å². The summed E-state index contributed by atoms with van der Waals surface area (Å²) >= 11 is 0. The number of carbonyl (C=O) groups excluding carboxylic acids is 1. The molecule has 6 aliphatic rings. The maximum absolute atomic E-state index is 12.9. The van der Waals surface area contributed by atoms with Crippen LogP contribution in [0.5, 0.6) is 0 Å². The number of rotatable bonds is 2. The number of ketones is 1. The number of fused-ring (bicyclic) bond motifs is 2. The van der Waals surface area contributed by atoms with Gasteiger partial charge in [0.25, 0.3) is 0 Å². The van der Waals surface area contributed by atoms with Crippen molar-refractivity contribution in [3.63, 3.8) is 0 Å². The highest BCUT2D eigenvalue weighted by Gasteiger charge is 2.82. The fourth-order valence-corrected chi connectivity index (χ4v) is 12.1. The van der Waals surface area contributed by atoms with E-state index in [2.05, 4.69) is 27.7 Å². The lowest BCUT2D eigenvalue weighted by Gasteiger charge is -2.62. The summed E-state index contributed by atoms with van der Waals surface area (Å²) in [5, 5.41) is 22.0. The second kappa shape index (κ2) is 6.47. The van der Waals surface area contributed by atoms with Crippen molar-refractivity contribution in [1.82, 2.24) is 0 Å². The molecule has 0 aromatic rings. The molecular formula is C30H48O3. The van der Waals surface area contributed by atoms with Gasteiger partial charge < -0.3 is 10.2 Å². The van der Waals surface area contributed by atoms with E-state index < -0.39 is 5.60 Å². The van der Waals surface area contributed by atoms with Crippen LogP contribution in [0.4, 0.5) is 0 Å². The van der Waals surface area contributed by atoms with Crippen molar-refractivity contribution in [2.45, 2.75) is 124 Å². The number of aliphatic hydroxyl groups is 2. The Hall–Kier alpha value is -0.410. The number of hydrogen-bond acceptors (Lipinski definition) is 3. The molecular weight excluding hydrogens is 408 g/mol. The summed E-state index contributed by atoms with van der Waals surface area (Å²) in [6.45, 7) is 13.5. The highest BCUT2D eigenvalue weighted by Crippen LogP contribution is 2.89. The molecule has 6 fully saturated rings. The standard InChI is InChI=1S/C30H48O3/c1-25(2)21-9-10-22-28(6)13-11-19(18-7-8-20(24(18)32)26(3,4)33)27(28,5)15-16-30(22)17-29(21,30)14-12-23(25)31/h18-22,24,32-33H,7-17H2,1-6H3/t18-,19-,20-,21+,22+,24-,27-,28+,29-,30+/m1/s1. The molecule has 0 aliphatic heterocycles. The number of carbonyl (C=O) groups is 1. The smallest absolute Gasteiger partial charge is 0.138 e. The molecule has 0 aromatic carbocycles. The second-order valence-electron chi connectivity index (χ2n) is 15.3. The highest BCUT2D eigenvalue weighted by atomic mass is 16.3. The first-order valence-electron chi connectivity index (χ1n) is 14.2. The monoisotopic (exact) mass is 456 g/mol. The molecule has 0 aromatic heterocycles. The van der Waals surface area contributed by atoms with E-state index in [1.54, 1.807) is 0 Å². The first-order valence-corrected chi connectivity index (χ1v) is 14.2. The van der Waals surface area contributed by atoms with Crippen LogP contribution >= 0.6 is 0 Å². The lowest BCUT2D eigenvalue weighted by atomic mass is 9.42. The van der Waals surface area contributed by atoms with E-state index in [0.717, 1.165) is 31.6 Å². The predicted octanol–water partition coefficient (Wildman–Crippen LogP) is 6.15. The fraction of sp³-hybridized carbons (Fsp3) is 0.967. The van der Waals surface area contributed by atoms with Crippen LogP contribution in [-0.4, -0.2) is 27.7 Å². The van der Waals surface area contributed by atoms with Gasteiger partial charge in [-0.3, -0.25) is 4.79 Å². The van der Waals surface area contributed by atoms with E-state index in [4.69, 9.17) is 0 Å². The first kappa shape index (κ1) is 23.0. The molecule has 3 heteroatoms. The van der Waals surface area contributed by atoms with Gasteiger partial charge in [-0.2, -0.15) is 0 Å². The van der Waals surface area contributed by atoms with Crippen LogP contribution < -0.4 is 0 Å². The molecule has 3 nitrogen and oxygen atoms in total. The van der Waals surface area contributed by atoms with Gasteiger partial charge in [0.1, 0.15) is 5.78 Å². The van der Waals surface area contributed by atoms with E-state index in [9.17, 15) is 15.0 Å². The minimum absolute atomic E-state index is 0.0111. The second-order valence-corrected chi connectivity index (χ2v) is 15.3. The summed E-state index contributed by atoms with van der Waals surface area (Å²) in [7, 11) is 0. The number of aliphatic hydroxyl groups excluding tert-OH is 1.